The first-order chi connectivity index (χ1) is 10.1. The van der Waals surface area contributed by atoms with Crippen LogP contribution in [-0.4, -0.2) is 43.2 Å². The molecule has 0 saturated heterocycles. The Bertz CT molecular complexity index is 583. The van der Waals surface area contributed by atoms with E-state index >= 15 is 0 Å². The molecule has 4 heteroatoms. The fourth-order valence-electron chi connectivity index (χ4n) is 2.22. The summed E-state index contributed by atoms with van der Waals surface area (Å²) in [5, 5.41) is 5.72. The molecule has 0 radical (unpaired) electrons. The van der Waals surface area contributed by atoms with Crippen molar-refractivity contribution in [2.45, 2.75) is 26.3 Å². The summed E-state index contributed by atoms with van der Waals surface area (Å²) in [6.45, 7) is 6.44. The molecule has 21 heavy (non-hydrogen) atoms. The Morgan fingerprint density at radius 1 is 1.29 bits per heavy atom. The Hall–Kier alpha value is -1.81. The fraction of sp³-hybridized carbons (Fsp3) is 0.471. The average molecular weight is 287 g/mol. The predicted octanol–water partition coefficient (Wildman–Crippen LogP) is 3.39. The van der Waals surface area contributed by atoms with E-state index in [1.807, 2.05) is 24.4 Å². The van der Waals surface area contributed by atoms with Gasteiger partial charge in [0.15, 0.2) is 0 Å². The lowest BCUT2D eigenvalue weighted by atomic mass is 10.1. The number of nitrogens with zero attached hydrogens (tertiary/aromatic N) is 2. The normalized spacial score (nSPS) is 11.3. The van der Waals surface area contributed by atoms with E-state index in [9.17, 15) is 0 Å². The van der Waals surface area contributed by atoms with Crippen LogP contribution in [0.4, 0.5) is 5.82 Å². The lowest BCUT2D eigenvalue weighted by Crippen LogP contribution is -2.28. The van der Waals surface area contributed by atoms with Gasteiger partial charge in [0.25, 0.3) is 0 Å². The van der Waals surface area contributed by atoms with Crippen LogP contribution in [0.2, 0.25) is 0 Å². The number of aromatic nitrogens is 1. The van der Waals surface area contributed by atoms with Gasteiger partial charge in [-0.2, -0.15) is 0 Å². The minimum Gasteiger partial charge on any atom is -0.497 e. The minimum atomic E-state index is 0.591. The van der Waals surface area contributed by atoms with Gasteiger partial charge in [0.1, 0.15) is 11.6 Å². The number of fused-ring (bicyclic) bond motifs is 1. The summed E-state index contributed by atoms with van der Waals surface area (Å²) in [5.41, 5.74) is 0. The van der Waals surface area contributed by atoms with Crippen molar-refractivity contribution in [3.05, 3.63) is 30.5 Å². The van der Waals surface area contributed by atoms with Gasteiger partial charge < -0.3 is 15.0 Å². The topological polar surface area (TPSA) is 37.4 Å². The maximum Gasteiger partial charge on any atom is 0.133 e. The van der Waals surface area contributed by atoms with Crippen LogP contribution in [0.1, 0.15) is 20.3 Å². The van der Waals surface area contributed by atoms with Gasteiger partial charge in [-0.3, -0.25) is 0 Å². The lowest BCUT2D eigenvalue weighted by molar-refractivity contribution is 0.273. The largest absolute Gasteiger partial charge is 0.497 e. The SMILES string of the molecule is COc1ccc2c(NCCCN(C)C(C)C)nccc2c1. The van der Waals surface area contributed by atoms with Gasteiger partial charge in [0, 0.05) is 24.2 Å². The summed E-state index contributed by atoms with van der Waals surface area (Å²) in [6.07, 6.45) is 2.94. The number of nitrogens with one attached hydrogen (secondary N) is 1. The summed E-state index contributed by atoms with van der Waals surface area (Å²) in [7, 11) is 3.85. The van der Waals surface area contributed by atoms with Crippen LogP contribution in [0.5, 0.6) is 5.75 Å². The van der Waals surface area contributed by atoms with Gasteiger partial charge in [-0.1, -0.05) is 0 Å². The Morgan fingerprint density at radius 2 is 2.10 bits per heavy atom. The van der Waals surface area contributed by atoms with Gasteiger partial charge >= 0.3 is 0 Å². The first-order valence-corrected chi connectivity index (χ1v) is 7.48. The highest BCUT2D eigenvalue weighted by Crippen LogP contribution is 2.25. The second-order valence-electron chi connectivity index (χ2n) is 5.60. The molecular weight excluding hydrogens is 262 g/mol. The molecule has 0 bridgehead atoms. The Balaban J connectivity index is 1.99. The number of benzene rings is 1. The third kappa shape index (κ3) is 4.08. The zero-order valence-electron chi connectivity index (χ0n) is 13.4. The number of methoxy groups -OCH3 is 1. The molecule has 0 amide bonds. The Kier molecular flexibility index (Phi) is 5.39. The van der Waals surface area contributed by atoms with Crippen molar-refractivity contribution in [1.29, 1.82) is 0 Å². The van der Waals surface area contributed by atoms with Crippen LogP contribution < -0.4 is 10.1 Å². The first kappa shape index (κ1) is 15.6. The first-order valence-electron chi connectivity index (χ1n) is 7.48. The van der Waals surface area contributed by atoms with Crippen molar-refractivity contribution in [2.75, 3.05) is 32.6 Å². The van der Waals surface area contributed by atoms with Gasteiger partial charge in [-0.25, -0.2) is 4.98 Å². The van der Waals surface area contributed by atoms with E-state index in [1.165, 1.54) is 0 Å². The molecule has 1 heterocycles. The maximum atomic E-state index is 5.26. The number of rotatable bonds is 7. The number of hydrogen-bond donors (Lipinski definition) is 1. The molecule has 0 spiro atoms. The van der Waals surface area contributed by atoms with Crippen LogP contribution in [-0.2, 0) is 0 Å². The van der Waals surface area contributed by atoms with Crippen LogP contribution in [0, 0.1) is 0 Å². The summed E-state index contributed by atoms with van der Waals surface area (Å²) in [4.78, 5) is 6.80. The summed E-state index contributed by atoms with van der Waals surface area (Å²) in [6, 6.07) is 8.67. The van der Waals surface area contributed by atoms with Crippen LogP contribution in [0.15, 0.2) is 30.5 Å². The van der Waals surface area contributed by atoms with E-state index in [4.69, 9.17) is 4.74 Å². The van der Waals surface area contributed by atoms with Gasteiger partial charge in [0.2, 0.25) is 0 Å². The van der Waals surface area contributed by atoms with Crippen LogP contribution >= 0.6 is 0 Å². The van der Waals surface area contributed by atoms with E-state index in [0.29, 0.717) is 6.04 Å². The Morgan fingerprint density at radius 3 is 2.81 bits per heavy atom. The molecule has 1 aromatic carbocycles. The molecule has 1 N–H and O–H groups in total. The number of anilines is 1. The van der Waals surface area contributed by atoms with Crippen molar-refractivity contribution in [3.8, 4) is 5.75 Å². The van der Waals surface area contributed by atoms with Crippen LogP contribution in [0.25, 0.3) is 10.8 Å². The predicted molar refractivity (Wildman–Crippen MR) is 89.2 cm³/mol. The third-order valence-electron chi connectivity index (χ3n) is 3.83. The summed E-state index contributed by atoms with van der Waals surface area (Å²) >= 11 is 0. The molecule has 0 atom stereocenters. The van der Waals surface area contributed by atoms with E-state index < -0.39 is 0 Å². The molecule has 2 rings (SSSR count). The van der Waals surface area contributed by atoms with Crippen molar-refractivity contribution in [1.82, 2.24) is 9.88 Å². The van der Waals surface area contributed by atoms with Crippen molar-refractivity contribution in [2.24, 2.45) is 0 Å². The van der Waals surface area contributed by atoms with E-state index in [2.05, 4.69) is 42.2 Å². The monoisotopic (exact) mass is 287 g/mol. The zero-order chi connectivity index (χ0) is 15.2. The molecule has 4 nitrogen and oxygen atoms in total. The molecule has 0 aliphatic heterocycles. The molecular formula is C17H25N3O. The third-order valence-corrected chi connectivity index (χ3v) is 3.83. The highest BCUT2D eigenvalue weighted by molar-refractivity contribution is 5.92. The van der Waals surface area contributed by atoms with Gasteiger partial charge in [-0.05, 0) is 63.5 Å². The summed E-state index contributed by atoms with van der Waals surface area (Å²) in [5.74, 6) is 1.82. The number of ether oxygens (including phenoxy) is 1. The highest BCUT2D eigenvalue weighted by Gasteiger charge is 2.05. The van der Waals surface area contributed by atoms with E-state index in [-0.39, 0.29) is 0 Å². The zero-order valence-corrected chi connectivity index (χ0v) is 13.4. The molecule has 0 unspecified atom stereocenters. The summed E-state index contributed by atoms with van der Waals surface area (Å²) < 4.78 is 5.26. The highest BCUT2D eigenvalue weighted by atomic mass is 16.5. The quantitative estimate of drug-likeness (QED) is 0.792. The van der Waals surface area contributed by atoms with E-state index in [1.54, 1.807) is 7.11 Å². The average Bonchev–Trinajstić information content (AvgIpc) is 2.50. The second-order valence-corrected chi connectivity index (χ2v) is 5.60. The van der Waals surface area contributed by atoms with Crippen molar-refractivity contribution in [3.63, 3.8) is 0 Å². The maximum absolute atomic E-state index is 5.26. The minimum absolute atomic E-state index is 0.591. The van der Waals surface area contributed by atoms with Crippen molar-refractivity contribution < 1.29 is 4.74 Å². The van der Waals surface area contributed by atoms with Crippen LogP contribution in [0.3, 0.4) is 0 Å². The fourth-order valence-corrected chi connectivity index (χ4v) is 2.22. The van der Waals surface area contributed by atoms with Gasteiger partial charge in [0.05, 0.1) is 7.11 Å². The molecule has 0 aliphatic carbocycles. The van der Waals surface area contributed by atoms with E-state index in [0.717, 1.165) is 41.9 Å². The number of hydrogen-bond acceptors (Lipinski definition) is 4. The smallest absolute Gasteiger partial charge is 0.133 e. The van der Waals surface area contributed by atoms with Crippen molar-refractivity contribution >= 4 is 16.6 Å². The molecule has 114 valence electrons. The number of pyridine rings is 1. The molecule has 0 saturated carbocycles. The molecule has 2 aromatic rings. The Labute approximate surface area is 127 Å². The lowest BCUT2D eigenvalue weighted by Gasteiger charge is -2.20. The van der Waals surface area contributed by atoms with Gasteiger partial charge in [-0.15, -0.1) is 0 Å². The molecule has 1 aromatic heterocycles. The second kappa shape index (κ2) is 7.27. The molecule has 0 aliphatic rings. The standard InChI is InChI=1S/C17H25N3O/c1-13(2)20(3)11-5-9-18-17-16-7-6-15(21-4)12-14(16)8-10-19-17/h6-8,10,12-13H,5,9,11H2,1-4H3,(H,18,19). The molecule has 0 fully saturated rings.